The third-order valence-corrected chi connectivity index (χ3v) is 5.09. The Kier molecular flexibility index (Phi) is 6.07. The first-order valence-electron chi connectivity index (χ1n) is 8.02. The zero-order chi connectivity index (χ0) is 13.7. The van der Waals surface area contributed by atoms with Gasteiger partial charge in [-0.15, -0.1) is 0 Å². The smallest absolute Gasteiger partial charge is 0.0134 e. The summed E-state index contributed by atoms with van der Waals surface area (Å²) in [5.74, 6) is 1.70. The van der Waals surface area contributed by atoms with Crippen molar-refractivity contribution in [1.82, 2.24) is 15.1 Å². The molecule has 4 heteroatoms. The molecule has 3 N–H and O–H groups in total. The third kappa shape index (κ3) is 4.15. The molecule has 0 aliphatic carbocycles. The van der Waals surface area contributed by atoms with Gasteiger partial charge in [-0.05, 0) is 71.2 Å². The van der Waals surface area contributed by atoms with Crippen LogP contribution in [-0.4, -0.2) is 69.2 Å². The molecule has 2 unspecified atom stereocenters. The van der Waals surface area contributed by atoms with Gasteiger partial charge >= 0.3 is 0 Å². The molecule has 0 spiro atoms. The van der Waals surface area contributed by atoms with Crippen LogP contribution in [-0.2, 0) is 0 Å². The van der Waals surface area contributed by atoms with E-state index in [0.29, 0.717) is 6.04 Å². The second-order valence-corrected chi connectivity index (χ2v) is 6.45. The molecule has 0 aromatic heterocycles. The zero-order valence-corrected chi connectivity index (χ0v) is 12.8. The lowest BCUT2D eigenvalue weighted by molar-refractivity contribution is 0.105. The van der Waals surface area contributed by atoms with Crippen LogP contribution in [0.2, 0.25) is 0 Å². The van der Waals surface area contributed by atoms with E-state index in [1.807, 2.05) is 0 Å². The molecule has 2 rings (SSSR count). The van der Waals surface area contributed by atoms with Gasteiger partial charge in [-0.1, -0.05) is 0 Å². The number of likely N-dealkylation sites (tertiary alicyclic amines) is 2. The average molecular weight is 268 g/mol. The van der Waals surface area contributed by atoms with Gasteiger partial charge in [-0.3, -0.25) is 0 Å². The van der Waals surface area contributed by atoms with E-state index in [1.165, 1.54) is 51.9 Å². The maximum atomic E-state index is 5.65. The first-order valence-corrected chi connectivity index (χ1v) is 8.02. The van der Waals surface area contributed by atoms with Crippen LogP contribution in [0.4, 0.5) is 0 Å². The molecule has 0 radical (unpaired) electrons. The third-order valence-electron chi connectivity index (χ3n) is 5.09. The number of piperidine rings is 2. The van der Waals surface area contributed by atoms with Crippen LogP contribution in [0.3, 0.4) is 0 Å². The van der Waals surface area contributed by atoms with Crippen LogP contribution < -0.4 is 11.1 Å². The van der Waals surface area contributed by atoms with Gasteiger partial charge in [0, 0.05) is 25.7 Å². The summed E-state index contributed by atoms with van der Waals surface area (Å²) in [7, 11) is 4.42. The summed E-state index contributed by atoms with van der Waals surface area (Å²) in [6.45, 7) is 6.90. The molecule has 0 aromatic carbocycles. The van der Waals surface area contributed by atoms with Crippen LogP contribution >= 0.6 is 0 Å². The monoisotopic (exact) mass is 268 g/mol. The van der Waals surface area contributed by atoms with Gasteiger partial charge in [0.15, 0.2) is 0 Å². The van der Waals surface area contributed by atoms with E-state index in [9.17, 15) is 0 Å². The predicted octanol–water partition coefficient (Wildman–Crippen LogP) is 0.587. The maximum Gasteiger partial charge on any atom is 0.0134 e. The minimum atomic E-state index is 0.711. The average Bonchev–Trinajstić information content (AvgIpc) is 2.42. The SMILES string of the molecule is CNC(C1CCN(CCN)CC1)C1CCCN(C)C1. The van der Waals surface area contributed by atoms with Crippen molar-refractivity contribution in [3.05, 3.63) is 0 Å². The molecule has 2 atom stereocenters. The highest BCUT2D eigenvalue weighted by Crippen LogP contribution is 2.29. The Bertz CT molecular complexity index is 251. The molecule has 2 aliphatic heterocycles. The maximum absolute atomic E-state index is 5.65. The van der Waals surface area contributed by atoms with E-state index in [0.717, 1.165) is 24.9 Å². The van der Waals surface area contributed by atoms with E-state index in [-0.39, 0.29) is 0 Å². The Labute approximate surface area is 118 Å². The Balaban J connectivity index is 1.84. The highest BCUT2D eigenvalue weighted by atomic mass is 15.1. The lowest BCUT2D eigenvalue weighted by atomic mass is 9.79. The van der Waals surface area contributed by atoms with Gasteiger partial charge < -0.3 is 20.9 Å². The summed E-state index contributed by atoms with van der Waals surface area (Å²) in [4.78, 5) is 5.03. The molecule has 2 aliphatic rings. The molecule has 2 heterocycles. The number of hydrogen-bond acceptors (Lipinski definition) is 4. The molecular weight excluding hydrogens is 236 g/mol. The Morgan fingerprint density at radius 2 is 1.89 bits per heavy atom. The molecular formula is C15H32N4. The lowest BCUT2D eigenvalue weighted by Gasteiger charge is -2.42. The largest absolute Gasteiger partial charge is 0.329 e. The van der Waals surface area contributed by atoms with Crippen molar-refractivity contribution in [2.45, 2.75) is 31.7 Å². The molecule has 19 heavy (non-hydrogen) atoms. The minimum Gasteiger partial charge on any atom is -0.329 e. The van der Waals surface area contributed by atoms with Crippen molar-refractivity contribution in [1.29, 1.82) is 0 Å². The number of nitrogens with two attached hydrogens (primary N) is 1. The fraction of sp³-hybridized carbons (Fsp3) is 1.00. The summed E-state index contributed by atoms with van der Waals surface area (Å²) in [6, 6.07) is 0.711. The molecule has 0 bridgehead atoms. The van der Waals surface area contributed by atoms with E-state index < -0.39 is 0 Å². The molecule has 0 amide bonds. The normalized spacial score (nSPS) is 29.5. The van der Waals surface area contributed by atoms with Gasteiger partial charge in [0.2, 0.25) is 0 Å². The molecule has 2 fully saturated rings. The van der Waals surface area contributed by atoms with Crippen molar-refractivity contribution in [2.75, 3.05) is 53.4 Å². The van der Waals surface area contributed by atoms with Crippen LogP contribution in [0.15, 0.2) is 0 Å². The number of hydrogen-bond donors (Lipinski definition) is 2. The summed E-state index contributed by atoms with van der Waals surface area (Å²) >= 11 is 0. The molecule has 4 nitrogen and oxygen atoms in total. The number of nitrogens with zero attached hydrogens (tertiary/aromatic N) is 2. The van der Waals surface area contributed by atoms with Gasteiger partial charge in [0.25, 0.3) is 0 Å². The van der Waals surface area contributed by atoms with Gasteiger partial charge in [-0.25, -0.2) is 0 Å². The standard InChI is InChI=1S/C15H32N4/c1-17-15(14-4-3-8-18(2)12-14)13-5-9-19(10-6-13)11-7-16/h13-15,17H,3-12,16H2,1-2H3. The van der Waals surface area contributed by atoms with E-state index in [4.69, 9.17) is 5.73 Å². The van der Waals surface area contributed by atoms with Crippen LogP contribution in [0.25, 0.3) is 0 Å². The quantitative estimate of drug-likeness (QED) is 0.766. The second-order valence-electron chi connectivity index (χ2n) is 6.45. The second kappa shape index (κ2) is 7.58. The number of rotatable bonds is 5. The zero-order valence-electron chi connectivity index (χ0n) is 12.8. The molecule has 0 saturated carbocycles. The fourth-order valence-electron chi connectivity index (χ4n) is 4.07. The van der Waals surface area contributed by atoms with E-state index >= 15 is 0 Å². The van der Waals surface area contributed by atoms with Crippen molar-refractivity contribution in [3.8, 4) is 0 Å². The highest BCUT2D eigenvalue weighted by Gasteiger charge is 2.32. The first-order chi connectivity index (χ1) is 9.24. The Morgan fingerprint density at radius 1 is 1.16 bits per heavy atom. The number of nitrogens with one attached hydrogen (secondary N) is 1. The molecule has 112 valence electrons. The molecule has 0 aromatic rings. The predicted molar refractivity (Wildman–Crippen MR) is 81.3 cm³/mol. The van der Waals surface area contributed by atoms with Crippen molar-refractivity contribution in [2.24, 2.45) is 17.6 Å². The van der Waals surface area contributed by atoms with Crippen molar-refractivity contribution >= 4 is 0 Å². The molecule has 2 saturated heterocycles. The van der Waals surface area contributed by atoms with Crippen LogP contribution in [0.1, 0.15) is 25.7 Å². The Hall–Kier alpha value is -0.160. The highest BCUT2D eigenvalue weighted by molar-refractivity contribution is 4.88. The summed E-state index contributed by atoms with van der Waals surface area (Å²) < 4.78 is 0. The van der Waals surface area contributed by atoms with Crippen LogP contribution in [0.5, 0.6) is 0 Å². The van der Waals surface area contributed by atoms with Gasteiger partial charge in [-0.2, -0.15) is 0 Å². The summed E-state index contributed by atoms with van der Waals surface area (Å²) in [5.41, 5.74) is 5.65. The van der Waals surface area contributed by atoms with E-state index in [2.05, 4.69) is 29.2 Å². The minimum absolute atomic E-state index is 0.711. The fourth-order valence-corrected chi connectivity index (χ4v) is 4.07. The summed E-state index contributed by atoms with van der Waals surface area (Å²) in [5, 5.41) is 3.64. The summed E-state index contributed by atoms with van der Waals surface area (Å²) in [6.07, 6.45) is 5.45. The topological polar surface area (TPSA) is 44.5 Å². The Morgan fingerprint density at radius 3 is 2.47 bits per heavy atom. The van der Waals surface area contributed by atoms with E-state index in [1.54, 1.807) is 0 Å². The van der Waals surface area contributed by atoms with Gasteiger partial charge in [0.05, 0.1) is 0 Å². The van der Waals surface area contributed by atoms with Crippen LogP contribution in [0, 0.1) is 11.8 Å². The van der Waals surface area contributed by atoms with Crippen molar-refractivity contribution < 1.29 is 0 Å². The van der Waals surface area contributed by atoms with Gasteiger partial charge in [0.1, 0.15) is 0 Å². The lowest BCUT2D eigenvalue weighted by Crippen LogP contribution is -2.50. The first kappa shape index (κ1) is 15.2. The van der Waals surface area contributed by atoms with Crippen molar-refractivity contribution in [3.63, 3.8) is 0 Å².